The van der Waals surface area contributed by atoms with E-state index in [9.17, 15) is 24.0 Å². The SMILES string of the molecule is CC(O)(CNc1ccc([N+](=O)[O-])c(OC(F)F)c1)c1cccc(Cl)c1. The summed E-state index contributed by atoms with van der Waals surface area (Å²) < 4.78 is 29.0. The van der Waals surface area contributed by atoms with Crippen molar-refractivity contribution in [2.45, 2.75) is 19.1 Å². The van der Waals surface area contributed by atoms with Gasteiger partial charge in [0.2, 0.25) is 5.75 Å². The summed E-state index contributed by atoms with van der Waals surface area (Å²) in [6.45, 7) is -1.63. The van der Waals surface area contributed by atoms with E-state index in [0.717, 1.165) is 12.1 Å². The zero-order valence-corrected chi connectivity index (χ0v) is 13.8. The second-order valence-corrected chi connectivity index (χ2v) is 5.89. The average Bonchev–Trinajstić information content (AvgIpc) is 2.52. The Bertz CT molecular complexity index is 772. The molecular formula is C16H15ClF2N2O4. The molecule has 2 aromatic carbocycles. The molecule has 9 heteroatoms. The van der Waals surface area contributed by atoms with Gasteiger partial charge in [0.05, 0.1) is 4.92 Å². The fourth-order valence-electron chi connectivity index (χ4n) is 2.17. The molecule has 0 heterocycles. The van der Waals surface area contributed by atoms with Gasteiger partial charge in [-0.15, -0.1) is 0 Å². The first kappa shape index (κ1) is 18.9. The minimum atomic E-state index is -3.19. The maximum Gasteiger partial charge on any atom is 0.387 e. The molecule has 1 atom stereocenters. The number of hydrogen-bond acceptors (Lipinski definition) is 5. The molecule has 1 unspecified atom stereocenters. The van der Waals surface area contributed by atoms with Crippen molar-refractivity contribution >= 4 is 23.0 Å². The van der Waals surface area contributed by atoms with Crippen LogP contribution in [0.5, 0.6) is 5.75 Å². The van der Waals surface area contributed by atoms with E-state index in [0.29, 0.717) is 10.6 Å². The molecule has 0 aromatic heterocycles. The van der Waals surface area contributed by atoms with Crippen molar-refractivity contribution in [2.75, 3.05) is 11.9 Å². The van der Waals surface area contributed by atoms with Crippen LogP contribution in [0.2, 0.25) is 5.02 Å². The van der Waals surface area contributed by atoms with Gasteiger partial charge in [-0.3, -0.25) is 10.1 Å². The molecule has 134 valence electrons. The molecule has 6 nitrogen and oxygen atoms in total. The third kappa shape index (κ3) is 5.01. The lowest BCUT2D eigenvalue weighted by Crippen LogP contribution is -2.30. The fraction of sp³-hybridized carbons (Fsp3) is 0.250. The van der Waals surface area contributed by atoms with Crippen molar-refractivity contribution < 1.29 is 23.5 Å². The average molecular weight is 373 g/mol. The Morgan fingerprint density at radius 2 is 2.08 bits per heavy atom. The van der Waals surface area contributed by atoms with Gasteiger partial charge < -0.3 is 15.2 Å². The van der Waals surface area contributed by atoms with Crippen LogP contribution in [0.4, 0.5) is 20.2 Å². The number of benzene rings is 2. The summed E-state index contributed by atoms with van der Waals surface area (Å²) in [7, 11) is 0. The van der Waals surface area contributed by atoms with Crippen molar-refractivity contribution in [3.8, 4) is 5.75 Å². The van der Waals surface area contributed by atoms with Crippen molar-refractivity contribution in [3.05, 3.63) is 63.2 Å². The number of nitrogens with one attached hydrogen (secondary N) is 1. The van der Waals surface area contributed by atoms with Gasteiger partial charge in [-0.2, -0.15) is 8.78 Å². The minimum Gasteiger partial charge on any atom is -0.427 e. The van der Waals surface area contributed by atoms with Gasteiger partial charge in [0, 0.05) is 29.4 Å². The van der Waals surface area contributed by atoms with Crippen LogP contribution in [0, 0.1) is 10.1 Å². The Morgan fingerprint density at radius 1 is 1.36 bits per heavy atom. The molecule has 0 saturated heterocycles. The van der Waals surface area contributed by atoms with Crippen molar-refractivity contribution in [1.29, 1.82) is 0 Å². The minimum absolute atomic E-state index is 0.0132. The number of alkyl halides is 2. The maximum absolute atomic E-state index is 12.4. The van der Waals surface area contributed by atoms with Crippen LogP contribution in [-0.4, -0.2) is 23.2 Å². The number of halogens is 3. The van der Waals surface area contributed by atoms with E-state index in [2.05, 4.69) is 10.1 Å². The van der Waals surface area contributed by atoms with E-state index in [1.807, 2.05) is 0 Å². The van der Waals surface area contributed by atoms with Crippen LogP contribution < -0.4 is 10.1 Å². The highest BCUT2D eigenvalue weighted by Crippen LogP contribution is 2.32. The molecule has 2 aromatic rings. The molecule has 2 N–H and O–H groups in total. The summed E-state index contributed by atoms with van der Waals surface area (Å²) in [6, 6.07) is 10.1. The Kier molecular flexibility index (Phi) is 5.76. The molecule has 0 saturated carbocycles. The van der Waals surface area contributed by atoms with Gasteiger partial charge in [0.15, 0.2) is 0 Å². The zero-order valence-electron chi connectivity index (χ0n) is 13.1. The maximum atomic E-state index is 12.4. The number of nitro benzene ring substituents is 1. The number of nitrogens with zero attached hydrogens (tertiary/aromatic N) is 1. The number of nitro groups is 1. The van der Waals surface area contributed by atoms with Crippen LogP contribution in [-0.2, 0) is 5.60 Å². The van der Waals surface area contributed by atoms with Crippen LogP contribution in [0.25, 0.3) is 0 Å². The van der Waals surface area contributed by atoms with E-state index in [1.54, 1.807) is 31.2 Å². The molecule has 25 heavy (non-hydrogen) atoms. The Hall–Kier alpha value is -2.45. The van der Waals surface area contributed by atoms with E-state index in [-0.39, 0.29) is 12.2 Å². The molecule has 0 aliphatic carbocycles. The van der Waals surface area contributed by atoms with Crippen LogP contribution in [0.15, 0.2) is 42.5 Å². The topological polar surface area (TPSA) is 84.6 Å². The lowest BCUT2D eigenvalue weighted by Gasteiger charge is -2.25. The van der Waals surface area contributed by atoms with Gasteiger partial charge >= 0.3 is 12.3 Å². The lowest BCUT2D eigenvalue weighted by molar-refractivity contribution is -0.386. The fourth-order valence-corrected chi connectivity index (χ4v) is 2.36. The highest BCUT2D eigenvalue weighted by atomic mass is 35.5. The Labute approximate surface area is 147 Å². The molecule has 0 aliphatic heterocycles. The van der Waals surface area contributed by atoms with Crippen LogP contribution >= 0.6 is 11.6 Å². The summed E-state index contributed by atoms with van der Waals surface area (Å²) in [5.41, 5.74) is -1.05. The number of hydrogen-bond donors (Lipinski definition) is 2. The summed E-state index contributed by atoms with van der Waals surface area (Å²) in [5.74, 6) is -0.563. The largest absolute Gasteiger partial charge is 0.427 e. The second kappa shape index (κ2) is 7.62. The van der Waals surface area contributed by atoms with E-state index in [4.69, 9.17) is 11.6 Å². The first-order chi connectivity index (χ1) is 11.7. The molecule has 2 rings (SSSR count). The van der Waals surface area contributed by atoms with Gasteiger partial charge in [-0.05, 0) is 30.7 Å². The van der Waals surface area contributed by atoms with Crippen LogP contribution in [0.3, 0.4) is 0 Å². The predicted octanol–water partition coefficient (Wildman–Crippen LogP) is 4.17. The first-order valence-corrected chi connectivity index (χ1v) is 7.52. The molecule has 0 radical (unpaired) electrons. The van der Waals surface area contributed by atoms with Crippen LogP contribution in [0.1, 0.15) is 12.5 Å². The van der Waals surface area contributed by atoms with Gasteiger partial charge in [0.25, 0.3) is 0 Å². The molecule has 0 aliphatic rings. The molecule has 0 fully saturated rings. The monoisotopic (exact) mass is 372 g/mol. The summed E-state index contributed by atoms with van der Waals surface area (Å²) in [4.78, 5) is 10.0. The standard InChI is InChI=1S/C16H15ClF2N2O4/c1-16(22,10-3-2-4-11(17)7-10)9-20-12-5-6-13(21(23)24)14(8-12)25-15(18)19/h2-8,15,20,22H,9H2,1H3. The number of aliphatic hydroxyl groups is 1. The third-order valence-electron chi connectivity index (χ3n) is 3.46. The summed E-state index contributed by atoms with van der Waals surface area (Å²) in [6.07, 6.45) is 0. The molecular weight excluding hydrogens is 358 g/mol. The van der Waals surface area contributed by atoms with E-state index in [1.165, 1.54) is 6.07 Å². The van der Waals surface area contributed by atoms with Crippen molar-refractivity contribution in [1.82, 2.24) is 0 Å². The van der Waals surface area contributed by atoms with Crippen molar-refractivity contribution in [3.63, 3.8) is 0 Å². The van der Waals surface area contributed by atoms with Crippen molar-refractivity contribution in [2.24, 2.45) is 0 Å². The number of anilines is 1. The van der Waals surface area contributed by atoms with Gasteiger partial charge in [-0.25, -0.2) is 0 Å². The smallest absolute Gasteiger partial charge is 0.387 e. The Balaban J connectivity index is 2.18. The third-order valence-corrected chi connectivity index (χ3v) is 3.69. The normalized spacial score (nSPS) is 13.4. The van der Waals surface area contributed by atoms with Gasteiger partial charge in [0.1, 0.15) is 5.60 Å². The molecule has 0 amide bonds. The number of ether oxygens (including phenoxy) is 1. The molecule has 0 spiro atoms. The summed E-state index contributed by atoms with van der Waals surface area (Å²) >= 11 is 5.90. The number of rotatable bonds is 7. The first-order valence-electron chi connectivity index (χ1n) is 7.14. The molecule has 0 bridgehead atoms. The van der Waals surface area contributed by atoms with E-state index < -0.39 is 28.6 Å². The highest BCUT2D eigenvalue weighted by molar-refractivity contribution is 6.30. The van der Waals surface area contributed by atoms with E-state index >= 15 is 0 Å². The Morgan fingerprint density at radius 3 is 2.68 bits per heavy atom. The quantitative estimate of drug-likeness (QED) is 0.563. The summed E-state index contributed by atoms with van der Waals surface area (Å²) in [5, 5.41) is 24.7. The lowest BCUT2D eigenvalue weighted by atomic mass is 9.96. The zero-order chi connectivity index (χ0) is 18.6. The van der Waals surface area contributed by atoms with Gasteiger partial charge in [-0.1, -0.05) is 23.7 Å². The highest BCUT2D eigenvalue weighted by Gasteiger charge is 2.24. The predicted molar refractivity (Wildman–Crippen MR) is 89.2 cm³/mol. The second-order valence-electron chi connectivity index (χ2n) is 5.46.